The van der Waals surface area contributed by atoms with Gasteiger partial charge >= 0.3 is 5.97 Å². The van der Waals surface area contributed by atoms with E-state index in [1.165, 1.54) is 32.1 Å². The van der Waals surface area contributed by atoms with Gasteiger partial charge in [0.25, 0.3) is 0 Å². The van der Waals surface area contributed by atoms with Crippen molar-refractivity contribution in [1.82, 2.24) is 5.32 Å². The first-order chi connectivity index (χ1) is 8.23. The maximum absolute atomic E-state index is 11.5. The van der Waals surface area contributed by atoms with Crippen LogP contribution in [0.25, 0.3) is 0 Å². The molecule has 0 bridgehead atoms. The van der Waals surface area contributed by atoms with Crippen LogP contribution in [0.4, 0.5) is 0 Å². The molecule has 2 rings (SSSR count). The number of carboxylic acids is 1. The van der Waals surface area contributed by atoms with Crippen LogP contribution < -0.4 is 5.32 Å². The van der Waals surface area contributed by atoms with Crippen molar-refractivity contribution in [3.63, 3.8) is 0 Å². The van der Waals surface area contributed by atoms with Gasteiger partial charge in [0, 0.05) is 25.8 Å². The zero-order valence-electron chi connectivity index (χ0n) is 10.4. The smallest absolute Gasteiger partial charge is 0.311 e. The quantitative estimate of drug-likeness (QED) is 0.788. The molecule has 1 heterocycles. The largest absolute Gasteiger partial charge is 0.481 e. The SMILES string of the molecule is O=C(O)C1(CNC2CCCCC2)CCOCC1. The summed E-state index contributed by atoms with van der Waals surface area (Å²) < 4.78 is 5.28. The van der Waals surface area contributed by atoms with Crippen molar-refractivity contribution in [3.8, 4) is 0 Å². The lowest BCUT2D eigenvalue weighted by molar-refractivity contribution is -0.154. The monoisotopic (exact) mass is 241 g/mol. The van der Waals surface area contributed by atoms with Crippen LogP contribution in [0.2, 0.25) is 0 Å². The molecular formula is C13H23NO3. The number of aliphatic carboxylic acids is 1. The highest BCUT2D eigenvalue weighted by Crippen LogP contribution is 2.31. The molecule has 2 N–H and O–H groups in total. The van der Waals surface area contributed by atoms with Gasteiger partial charge in [0.2, 0.25) is 0 Å². The Labute approximate surface area is 103 Å². The Bertz CT molecular complexity index is 255. The van der Waals surface area contributed by atoms with Crippen LogP contribution in [0.3, 0.4) is 0 Å². The summed E-state index contributed by atoms with van der Waals surface area (Å²) in [5.74, 6) is -0.663. The first kappa shape index (κ1) is 12.8. The Morgan fingerprint density at radius 2 is 1.88 bits per heavy atom. The molecule has 2 aliphatic rings. The maximum Gasteiger partial charge on any atom is 0.311 e. The van der Waals surface area contributed by atoms with Crippen molar-refractivity contribution in [2.75, 3.05) is 19.8 Å². The fraction of sp³-hybridized carbons (Fsp3) is 0.923. The summed E-state index contributed by atoms with van der Waals surface area (Å²) in [5.41, 5.74) is -0.588. The van der Waals surface area contributed by atoms with Crippen LogP contribution in [0.15, 0.2) is 0 Å². The average molecular weight is 241 g/mol. The topological polar surface area (TPSA) is 58.6 Å². The van der Waals surface area contributed by atoms with E-state index >= 15 is 0 Å². The maximum atomic E-state index is 11.5. The lowest BCUT2D eigenvalue weighted by Gasteiger charge is -2.35. The summed E-state index contributed by atoms with van der Waals surface area (Å²) in [4.78, 5) is 11.5. The zero-order valence-corrected chi connectivity index (χ0v) is 10.4. The molecule has 0 unspecified atom stereocenters. The minimum Gasteiger partial charge on any atom is -0.481 e. The highest BCUT2D eigenvalue weighted by atomic mass is 16.5. The molecule has 2 fully saturated rings. The van der Waals surface area contributed by atoms with Gasteiger partial charge in [-0.2, -0.15) is 0 Å². The second-order valence-corrected chi connectivity index (χ2v) is 5.41. The van der Waals surface area contributed by atoms with Gasteiger partial charge < -0.3 is 15.2 Å². The fourth-order valence-corrected chi connectivity index (χ4v) is 2.87. The van der Waals surface area contributed by atoms with Crippen LogP contribution in [-0.2, 0) is 9.53 Å². The van der Waals surface area contributed by atoms with Gasteiger partial charge in [-0.1, -0.05) is 19.3 Å². The predicted octanol–water partition coefficient (Wildman–Crippen LogP) is 1.79. The second kappa shape index (κ2) is 5.83. The molecule has 4 heteroatoms. The number of hydrogen-bond donors (Lipinski definition) is 2. The van der Waals surface area contributed by atoms with E-state index in [2.05, 4.69) is 5.32 Å². The van der Waals surface area contributed by atoms with Crippen LogP contribution in [0, 0.1) is 5.41 Å². The van der Waals surface area contributed by atoms with Crippen molar-refractivity contribution in [3.05, 3.63) is 0 Å². The molecule has 0 radical (unpaired) electrons. The third kappa shape index (κ3) is 3.19. The van der Waals surface area contributed by atoms with Gasteiger partial charge in [-0.05, 0) is 25.7 Å². The molecule has 0 aromatic heterocycles. The molecular weight excluding hydrogens is 218 g/mol. The molecule has 0 amide bonds. The van der Waals surface area contributed by atoms with E-state index in [0.29, 0.717) is 38.6 Å². The Morgan fingerprint density at radius 3 is 2.47 bits per heavy atom. The van der Waals surface area contributed by atoms with Gasteiger partial charge in [-0.3, -0.25) is 4.79 Å². The number of carboxylic acid groups (broad SMARTS) is 1. The summed E-state index contributed by atoms with van der Waals surface area (Å²) in [6.07, 6.45) is 7.57. The second-order valence-electron chi connectivity index (χ2n) is 5.41. The summed E-state index contributed by atoms with van der Waals surface area (Å²) >= 11 is 0. The molecule has 0 atom stereocenters. The van der Waals surface area contributed by atoms with Crippen LogP contribution >= 0.6 is 0 Å². The number of nitrogens with one attached hydrogen (secondary N) is 1. The van der Waals surface area contributed by atoms with Gasteiger partial charge in [-0.15, -0.1) is 0 Å². The first-order valence-corrected chi connectivity index (χ1v) is 6.77. The van der Waals surface area contributed by atoms with Gasteiger partial charge in [-0.25, -0.2) is 0 Å². The molecule has 1 saturated carbocycles. The average Bonchev–Trinajstić information content (AvgIpc) is 2.38. The predicted molar refractivity (Wildman–Crippen MR) is 65.0 cm³/mol. The Hall–Kier alpha value is -0.610. The van der Waals surface area contributed by atoms with E-state index in [-0.39, 0.29) is 0 Å². The first-order valence-electron chi connectivity index (χ1n) is 6.77. The summed E-state index contributed by atoms with van der Waals surface area (Å²) in [6.45, 7) is 1.77. The van der Waals surface area contributed by atoms with Crippen LogP contribution in [0.5, 0.6) is 0 Å². The number of hydrogen-bond acceptors (Lipinski definition) is 3. The molecule has 1 aliphatic carbocycles. The Morgan fingerprint density at radius 1 is 1.24 bits per heavy atom. The highest BCUT2D eigenvalue weighted by molar-refractivity contribution is 5.75. The van der Waals surface area contributed by atoms with Crippen molar-refractivity contribution < 1.29 is 14.6 Å². The van der Waals surface area contributed by atoms with E-state index in [1.807, 2.05) is 0 Å². The highest BCUT2D eigenvalue weighted by Gasteiger charge is 2.40. The third-order valence-corrected chi connectivity index (χ3v) is 4.24. The van der Waals surface area contributed by atoms with E-state index in [0.717, 1.165) is 0 Å². The molecule has 0 aromatic carbocycles. The van der Waals surface area contributed by atoms with Crippen molar-refractivity contribution >= 4 is 5.97 Å². The minimum atomic E-state index is -0.663. The minimum absolute atomic E-state index is 0.530. The molecule has 1 aliphatic heterocycles. The number of carbonyl (C=O) groups is 1. The molecule has 1 saturated heterocycles. The summed E-state index contributed by atoms with van der Waals surface area (Å²) in [7, 11) is 0. The lowest BCUT2D eigenvalue weighted by Crippen LogP contribution is -2.48. The zero-order chi connectivity index (χ0) is 12.1. The molecule has 98 valence electrons. The van der Waals surface area contributed by atoms with Crippen LogP contribution in [-0.4, -0.2) is 36.9 Å². The molecule has 0 spiro atoms. The Balaban J connectivity index is 1.86. The molecule has 0 aromatic rings. The van der Waals surface area contributed by atoms with Gasteiger partial charge in [0.05, 0.1) is 5.41 Å². The number of rotatable bonds is 4. The molecule has 4 nitrogen and oxygen atoms in total. The van der Waals surface area contributed by atoms with Crippen molar-refractivity contribution in [2.45, 2.75) is 51.0 Å². The molecule has 17 heavy (non-hydrogen) atoms. The van der Waals surface area contributed by atoms with E-state index in [1.54, 1.807) is 0 Å². The fourth-order valence-electron chi connectivity index (χ4n) is 2.87. The van der Waals surface area contributed by atoms with E-state index in [4.69, 9.17) is 4.74 Å². The van der Waals surface area contributed by atoms with Crippen LogP contribution in [0.1, 0.15) is 44.9 Å². The van der Waals surface area contributed by atoms with E-state index < -0.39 is 11.4 Å². The van der Waals surface area contributed by atoms with Gasteiger partial charge in [0.15, 0.2) is 0 Å². The standard InChI is InChI=1S/C13H23NO3/c15-12(16)13(6-8-17-9-7-13)10-14-11-4-2-1-3-5-11/h11,14H,1-10H2,(H,15,16). The van der Waals surface area contributed by atoms with Gasteiger partial charge in [0.1, 0.15) is 0 Å². The lowest BCUT2D eigenvalue weighted by atomic mass is 9.79. The Kier molecular flexibility index (Phi) is 4.40. The third-order valence-electron chi connectivity index (χ3n) is 4.24. The normalized spacial score (nSPS) is 25.6. The summed E-state index contributed by atoms with van der Waals surface area (Å²) in [6, 6.07) is 0.530. The summed E-state index contributed by atoms with van der Waals surface area (Å²) in [5, 5.41) is 12.9. The van der Waals surface area contributed by atoms with Crippen molar-refractivity contribution in [1.29, 1.82) is 0 Å². The van der Waals surface area contributed by atoms with E-state index in [9.17, 15) is 9.90 Å². The number of ether oxygens (including phenoxy) is 1. The van der Waals surface area contributed by atoms with Crippen molar-refractivity contribution in [2.24, 2.45) is 5.41 Å².